The quantitative estimate of drug-likeness (QED) is 0.214. The molecule has 5 rings (SSSR count). The van der Waals surface area contributed by atoms with E-state index in [-0.39, 0.29) is 5.75 Å². The van der Waals surface area contributed by atoms with Gasteiger partial charge in [0.1, 0.15) is 17.4 Å². The third-order valence-corrected chi connectivity index (χ3v) is 6.47. The lowest BCUT2D eigenvalue weighted by Crippen LogP contribution is -2.29. The van der Waals surface area contributed by atoms with E-state index in [2.05, 4.69) is 0 Å². The molecule has 174 valence electrons. The van der Waals surface area contributed by atoms with Crippen molar-refractivity contribution < 1.29 is 19.7 Å². The first-order chi connectivity index (χ1) is 17.1. The number of aromatic hydroxyl groups is 1. The first kappa shape index (κ1) is 22.6. The number of hydrogen-bond donors (Lipinski definition) is 2. The van der Waals surface area contributed by atoms with Crippen molar-refractivity contribution in [2.24, 2.45) is 0 Å². The molecule has 0 amide bonds. The Morgan fingerprint density at radius 3 is 1.97 bits per heavy atom. The fourth-order valence-corrected chi connectivity index (χ4v) is 4.70. The third-order valence-electron chi connectivity index (χ3n) is 6.47. The molecule has 0 aromatic heterocycles. The van der Waals surface area contributed by atoms with Gasteiger partial charge in [-0.25, -0.2) is 0 Å². The van der Waals surface area contributed by atoms with E-state index in [0.717, 1.165) is 21.5 Å². The van der Waals surface area contributed by atoms with Gasteiger partial charge in [0.25, 0.3) is 0 Å². The Morgan fingerprint density at radius 2 is 1.31 bits per heavy atom. The van der Waals surface area contributed by atoms with E-state index >= 15 is 0 Å². The van der Waals surface area contributed by atoms with Crippen LogP contribution in [0.1, 0.15) is 24.8 Å². The highest BCUT2D eigenvalue weighted by Gasteiger charge is 2.30. The van der Waals surface area contributed by atoms with Crippen molar-refractivity contribution in [1.82, 2.24) is 0 Å². The van der Waals surface area contributed by atoms with Gasteiger partial charge in [-0.15, -0.1) is 0 Å². The Bertz CT molecular complexity index is 1510. The minimum absolute atomic E-state index is 0.102. The summed E-state index contributed by atoms with van der Waals surface area (Å²) in [6.45, 7) is 1.84. The van der Waals surface area contributed by atoms with E-state index in [1.54, 1.807) is 12.1 Å². The Hall–Kier alpha value is -4.15. The highest BCUT2D eigenvalue weighted by molar-refractivity contribution is 6.10. The molecule has 0 radical (unpaired) electrons. The largest absolute Gasteiger partial charge is 0.507 e. The summed E-state index contributed by atoms with van der Waals surface area (Å²) in [7, 11) is 0. The zero-order chi connectivity index (χ0) is 24.4. The van der Waals surface area contributed by atoms with Gasteiger partial charge in [0.2, 0.25) is 0 Å². The fraction of sp³-hybridized carbons (Fsp3) is 0.129. The third kappa shape index (κ3) is 4.25. The molecule has 0 saturated heterocycles. The van der Waals surface area contributed by atoms with Crippen molar-refractivity contribution in [1.29, 1.82) is 0 Å². The molecule has 2 N–H and O–H groups in total. The molecule has 2 atom stereocenters. The molecule has 0 aliphatic carbocycles. The second-order valence-electron chi connectivity index (χ2n) is 8.63. The number of fused-ring (bicyclic) bond motifs is 2. The molecule has 5 aromatic carbocycles. The first-order valence-electron chi connectivity index (χ1n) is 11.8. The molecular formula is C31H26O4. The van der Waals surface area contributed by atoms with Crippen molar-refractivity contribution in [3.8, 4) is 22.6 Å². The van der Waals surface area contributed by atoms with Crippen molar-refractivity contribution in [2.75, 3.05) is 0 Å². The fourth-order valence-electron chi connectivity index (χ4n) is 4.70. The number of phenolic OH excluding ortho intramolecular Hbond substituents is 1. The van der Waals surface area contributed by atoms with Crippen LogP contribution in [0.5, 0.6) is 11.5 Å². The summed E-state index contributed by atoms with van der Waals surface area (Å²) < 4.78 is 6.04. The first-order valence-corrected chi connectivity index (χ1v) is 11.8. The van der Waals surface area contributed by atoms with Gasteiger partial charge in [0, 0.05) is 11.1 Å². The van der Waals surface area contributed by atoms with Gasteiger partial charge in [0.05, 0.1) is 6.10 Å². The molecule has 4 nitrogen and oxygen atoms in total. The molecule has 0 bridgehead atoms. The Labute approximate surface area is 204 Å². The minimum Gasteiger partial charge on any atom is -0.507 e. The average Bonchev–Trinajstić information content (AvgIpc) is 2.89. The van der Waals surface area contributed by atoms with Gasteiger partial charge in [-0.3, -0.25) is 4.79 Å². The van der Waals surface area contributed by atoms with E-state index in [0.29, 0.717) is 28.9 Å². The number of aliphatic hydroxyl groups is 1. The smallest absolute Gasteiger partial charge is 0.321 e. The second-order valence-corrected chi connectivity index (χ2v) is 8.63. The SMILES string of the molecule is CC[C@H](O)[C@@H](C(=O)Oc1ccc2ccccc2c1-c1c(O)ccc2ccccc12)c1ccccc1. The summed E-state index contributed by atoms with van der Waals surface area (Å²) >= 11 is 0. The van der Waals surface area contributed by atoms with Gasteiger partial charge in [-0.05, 0) is 45.7 Å². The summed E-state index contributed by atoms with van der Waals surface area (Å²) in [6, 6.07) is 32.0. The second kappa shape index (κ2) is 9.61. The predicted molar refractivity (Wildman–Crippen MR) is 140 cm³/mol. The average molecular weight is 463 g/mol. The number of carbonyl (C=O) groups excluding carboxylic acids is 1. The van der Waals surface area contributed by atoms with Crippen LogP contribution in [0.4, 0.5) is 0 Å². The summed E-state index contributed by atoms with van der Waals surface area (Å²) in [5.74, 6) is -0.932. The van der Waals surface area contributed by atoms with Crippen molar-refractivity contribution in [3.63, 3.8) is 0 Å². The molecule has 4 heteroatoms. The van der Waals surface area contributed by atoms with Crippen LogP contribution in [0.25, 0.3) is 32.7 Å². The maximum absolute atomic E-state index is 13.5. The number of phenols is 1. The van der Waals surface area contributed by atoms with Gasteiger partial charge >= 0.3 is 5.97 Å². The van der Waals surface area contributed by atoms with Crippen LogP contribution in [0.15, 0.2) is 103 Å². The Balaban J connectivity index is 1.70. The number of rotatable bonds is 6. The van der Waals surface area contributed by atoms with Crippen molar-refractivity contribution >= 4 is 27.5 Å². The number of benzene rings is 5. The number of carbonyl (C=O) groups is 1. The molecular weight excluding hydrogens is 436 g/mol. The molecule has 0 aliphatic heterocycles. The summed E-state index contributed by atoms with van der Waals surface area (Å²) in [5.41, 5.74) is 1.95. The van der Waals surface area contributed by atoms with Crippen molar-refractivity contribution in [2.45, 2.75) is 25.4 Å². The Kier molecular flexibility index (Phi) is 6.21. The van der Waals surface area contributed by atoms with Crippen LogP contribution in [0.2, 0.25) is 0 Å². The Morgan fingerprint density at radius 1 is 0.743 bits per heavy atom. The number of hydrogen-bond acceptors (Lipinski definition) is 4. The molecule has 0 spiro atoms. The zero-order valence-electron chi connectivity index (χ0n) is 19.4. The maximum Gasteiger partial charge on any atom is 0.321 e. The maximum atomic E-state index is 13.5. The lowest BCUT2D eigenvalue weighted by atomic mass is 9.91. The molecule has 0 unspecified atom stereocenters. The summed E-state index contributed by atoms with van der Waals surface area (Å²) in [6.07, 6.45) is -0.483. The van der Waals surface area contributed by atoms with Gasteiger partial charge < -0.3 is 14.9 Å². The van der Waals surface area contributed by atoms with E-state index in [1.165, 1.54) is 0 Å². The number of aliphatic hydroxyl groups excluding tert-OH is 1. The molecule has 0 heterocycles. The van der Waals surface area contributed by atoms with E-state index in [4.69, 9.17) is 4.74 Å². The summed E-state index contributed by atoms with van der Waals surface area (Å²) in [5, 5.41) is 25.4. The van der Waals surface area contributed by atoms with E-state index in [1.807, 2.05) is 97.9 Å². The minimum atomic E-state index is -0.889. The normalized spacial score (nSPS) is 13.0. The highest BCUT2D eigenvalue weighted by Crippen LogP contribution is 2.45. The number of ether oxygens (including phenoxy) is 1. The van der Waals surface area contributed by atoms with Crippen LogP contribution in [-0.4, -0.2) is 22.3 Å². The molecule has 0 saturated carbocycles. The van der Waals surface area contributed by atoms with Gasteiger partial charge in [-0.2, -0.15) is 0 Å². The van der Waals surface area contributed by atoms with Crippen LogP contribution in [0, 0.1) is 0 Å². The van der Waals surface area contributed by atoms with Crippen LogP contribution >= 0.6 is 0 Å². The van der Waals surface area contributed by atoms with Crippen molar-refractivity contribution in [3.05, 3.63) is 109 Å². The number of esters is 1. The topological polar surface area (TPSA) is 66.8 Å². The lowest BCUT2D eigenvalue weighted by Gasteiger charge is -2.22. The monoisotopic (exact) mass is 462 g/mol. The lowest BCUT2D eigenvalue weighted by molar-refractivity contribution is -0.138. The standard InChI is InChI=1S/C31H26O4/c1-2-25(32)28(22-12-4-3-5-13-22)31(34)35-27-19-17-21-11-7-9-15-24(21)30(27)29-23-14-8-6-10-20(23)16-18-26(29)33/h3-19,25,28,32-33H,2H2,1H3/t25-,28-/m0/s1. The van der Waals surface area contributed by atoms with E-state index < -0.39 is 18.0 Å². The summed E-state index contributed by atoms with van der Waals surface area (Å²) in [4.78, 5) is 13.5. The van der Waals surface area contributed by atoms with Crippen LogP contribution in [0.3, 0.4) is 0 Å². The predicted octanol–water partition coefficient (Wildman–Crippen LogP) is 6.83. The molecule has 0 aliphatic rings. The van der Waals surface area contributed by atoms with Crippen LogP contribution in [-0.2, 0) is 4.79 Å². The van der Waals surface area contributed by atoms with Gasteiger partial charge in [-0.1, -0.05) is 97.9 Å². The van der Waals surface area contributed by atoms with Gasteiger partial charge in [0.15, 0.2) is 0 Å². The highest BCUT2D eigenvalue weighted by atomic mass is 16.5. The van der Waals surface area contributed by atoms with E-state index in [9.17, 15) is 15.0 Å². The zero-order valence-corrected chi connectivity index (χ0v) is 19.4. The molecule has 5 aromatic rings. The molecule has 35 heavy (non-hydrogen) atoms. The molecule has 0 fully saturated rings. The van der Waals surface area contributed by atoms with Crippen LogP contribution < -0.4 is 4.74 Å².